The van der Waals surface area contributed by atoms with Crippen molar-refractivity contribution in [2.45, 2.75) is 0 Å². The molecule has 0 unspecified atom stereocenters. The number of rotatable bonds is 6. The second-order valence-corrected chi connectivity index (χ2v) is 15.2. The van der Waals surface area contributed by atoms with E-state index in [-0.39, 0.29) is 0 Å². The van der Waals surface area contributed by atoms with Gasteiger partial charge in [-0.2, -0.15) is 0 Å². The molecule has 0 saturated carbocycles. The zero-order chi connectivity index (χ0) is 36.3. The monoisotopic (exact) mass is 719 g/mol. The molecule has 11 aromatic rings. The summed E-state index contributed by atoms with van der Waals surface area (Å²) < 4.78 is 8.86. The quantitative estimate of drug-likeness (QED) is 0.170. The van der Waals surface area contributed by atoms with Crippen LogP contribution >= 0.6 is 11.3 Å². The zero-order valence-corrected chi connectivity index (χ0v) is 30.6. The molecule has 3 heteroatoms. The van der Waals surface area contributed by atoms with E-state index < -0.39 is 0 Å². The van der Waals surface area contributed by atoms with Crippen molar-refractivity contribution in [2.24, 2.45) is 0 Å². The highest BCUT2D eigenvalue weighted by Gasteiger charge is 2.17. The molecule has 0 atom stereocenters. The lowest BCUT2D eigenvalue weighted by atomic mass is 9.97. The van der Waals surface area contributed by atoms with Gasteiger partial charge in [0.15, 0.2) is 0 Å². The minimum Gasteiger partial charge on any atom is -0.456 e. The van der Waals surface area contributed by atoms with E-state index in [4.69, 9.17) is 4.42 Å². The largest absolute Gasteiger partial charge is 0.456 e. The summed E-state index contributed by atoms with van der Waals surface area (Å²) in [6, 6.07) is 72.3. The van der Waals surface area contributed by atoms with Crippen LogP contribution in [0.4, 0.5) is 17.1 Å². The normalized spacial score (nSPS) is 11.6. The van der Waals surface area contributed by atoms with Gasteiger partial charge in [-0.3, -0.25) is 0 Å². The Labute approximate surface area is 322 Å². The number of benzene rings is 9. The number of fused-ring (bicyclic) bond motifs is 7. The van der Waals surface area contributed by atoms with Gasteiger partial charge in [-0.15, -0.1) is 11.3 Å². The Morgan fingerprint density at radius 2 is 0.945 bits per heavy atom. The van der Waals surface area contributed by atoms with E-state index in [1.54, 1.807) is 0 Å². The average molecular weight is 720 g/mol. The SMILES string of the molecule is c1cc(-c2ccc(N(c3ccc(-c4cccc5sc6ccccc6c45)cc3)c3ccc4oc5ccccc5c4c3)cc2)cc(-c2ccc3ccccc3c2)c1. The predicted octanol–water partition coefficient (Wildman–Crippen LogP) is 15.6. The molecular formula is C52H33NOS. The van der Waals surface area contributed by atoms with Crippen molar-refractivity contribution in [3.63, 3.8) is 0 Å². The first-order valence-electron chi connectivity index (χ1n) is 18.7. The van der Waals surface area contributed by atoms with Crippen molar-refractivity contribution in [2.75, 3.05) is 4.90 Å². The third-order valence-electron chi connectivity index (χ3n) is 10.9. The first-order chi connectivity index (χ1) is 27.2. The molecule has 11 rings (SSSR count). The van der Waals surface area contributed by atoms with Gasteiger partial charge in [0, 0.05) is 48.0 Å². The van der Waals surface area contributed by atoms with Crippen LogP contribution in [0.5, 0.6) is 0 Å². The number of hydrogen-bond donors (Lipinski definition) is 0. The molecule has 9 aromatic carbocycles. The van der Waals surface area contributed by atoms with Gasteiger partial charge in [-0.25, -0.2) is 0 Å². The van der Waals surface area contributed by atoms with Gasteiger partial charge >= 0.3 is 0 Å². The Balaban J connectivity index is 0.998. The summed E-state index contributed by atoms with van der Waals surface area (Å²) >= 11 is 1.86. The van der Waals surface area contributed by atoms with Crippen molar-refractivity contribution in [1.82, 2.24) is 0 Å². The van der Waals surface area contributed by atoms with Crippen LogP contribution in [0.15, 0.2) is 205 Å². The summed E-state index contributed by atoms with van der Waals surface area (Å²) in [6.07, 6.45) is 0. The van der Waals surface area contributed by atoms with Crippen molar-refractivity contribution in [1.29, 1.82) is 0 Å². The van der Waals surface area contributed by atoms with Gasteiger partial charge in [0.2, 0.25) is 0 Å². The summed E-state index contributed by atoms with van der Waals surface area (Å²) in [7, 11) is 0. The number of anilines is 3. The van der Waals surface area contributed by atoms with Crippen LogP contribution in [0.2, 0.25) is 0 Å². The summed E-state index contributed by atoms with van der Waals surface area (Å²) in [5, 5.41) is 7.37. The molecule has 0 aliphatic carbocycles. The molecule has 0 radical (unpaired) electrons. The Bertz CT molecular complexity index is 3210. The van der Waals surface area contributed by atoms with Gasteiger partial charge in [0.1, 0.15) is 11.2 Å². The van der Waals surface area contributed by atoms with E-state index in [9.17, 15) is 0 Å². The lowest BCUT2D eigenvalue weighted by molar-refractivity contribution is 0.669. The molecule has 258 valence electrons. The summed E-state index contributed by atoms with van der Waals surface area (Å²) in [5.41, 5.74) is 12.3. The molecule has 0 fully saturated rings. The highest BCUT2D eigenvalue weighted by molar-refractivity contribution is 7.25. The molecular weight excluding hydrogens is 687 g/mol. The van der Waals surface area contributed by atoms with Gasteiger partial charge < -0.3 is 9.32 Å². The van der Waals surface area contributed by atoms with E-state index in [0.717, 1.165) is 39.0 Å². The fourth-order valence-corrected chi connectivity index (χ4v) is 9.29. The van der Waals surface area contributed by atoms with E-state index in [1.165, 1.54) is 64.3 Å². The lowest BCUT2D eigenvalue weighted by Gasteiger charge is -2.26. The molecule has 2 aromatic heterocycles. The molecule has 0 bridgehead atoms. The summed E-state index contributed by atoms with van der Waals surface area (Å²) in [5.74, 6) is 0. The van der Waals surface area contributed by atoms with Gasteiger partial charge in [0.05, 0.1) is 0 Å². The maximum atomic E-state index is 6.23. The minimum atomic E-state index is 0.887. The van der Waals surface area contributed by atoms with Crippen LogP contribution in [0.3, 0.4) is 0 Å². The molecule has 55 heavy (non-hydrogen) atoms. The van der Waals surface area contributed by atoms with Gasteiger partial charge in [-0.05, 0) is 117 Å². The topological polar surface area (TPSA) is 16.4 Å². The standard InChI is InChI=1S/C52H33NOS/c1-2-10-37-32-40(20-19-34(37)9-1)39-12-7-11-38(31-39)35-21-25-41(26-22-35)53(43-29-30-49-47(33-43)45-13-3-5-16-48(45)54-49)42-27-23-36(24-28-42)44-15-8-18-51-52(44)46-14-4-6-17-50(46)55-51/h1-33H. The van der Waals surface area contributed by atoms with E-state index in [1.807, 2.05) is 23.5 Å². The Morgan fingerprint density at radius 3 is 1.78 bits per heavy atom. The van der Waals surface area contributed by atoms with Crippen LogP contribution in [0.1, 0.15) is 0 Å². The maximum Gasteiger partial charge on any atom is 0.135 e. The molecule has 0 spiro atoms. The Morgan fingerprint density at radius 1 is 0.345 bits per heavy atom. The number of para-hydroxylation sites is 1. The van der Waals surface area contributed by atoms with E-state index in [0.29, 0.717) is 0 Å². The molecule has 0 aliphatic rings. The first-order valence-corrected chi connectivity index (χ1v) is 19.5. The fourth-order valence-electron chi connectivity index (χ4n) is 8.16. The van der Waals surface area contributed by atoms with E-state index >= 15 is 0 Å². The third-order valence-corrected chi connectivity index (χ3v) is 12.0. The Hall–Kier alpha value is -6.94. The van der Waals surface area contributed by atoms with Crippen LogP contribution in [-0.2, 0) is 0 Å². The second kappa shape index (κ2) is 12.9. The first kappa shape index (κ1) is 31.6. The molecule has 2 heterocycles. The van der Waals surface area contributed by atoms with Crippen molar-refractivity contribution < 1.29 is 4.42 Å². The molecule has 0 N–H and O–H groups in total. The number of furan rings is 1. The van der Waals surface area contributed by atoms with Crippen molar-refractivity contribution in [3.8, 4) is 33.4 Å². The van der Waals surface area contributed by atoms with Crippen LogP contribution in [0.25, 0.3) is 86.3 Å². The van der Waals surface area contributed by atoms with Crippen LogP contribution < -0.4 is 4.90 Å². The van der Waals surface area contributed by atoms with Gasteiger partial charge in [-0.1, -0.05) is 127 Å². The van der Waals surface area contributed by atoms with E-state index in [2.05, 4.69) is 193 Å². The van der Waals surface area contributed by atoms with Gasteiger partial charge in [0.25, 0.3) is 0 Å². The second-order valence-electron chi connectivity index (χ2n) is 14.1. The number of nitrogens with zero attached hydrogens (tertiary/aromatic N) is 1. The van der Waals surface area contributed by atoms with Crippen LogP contribution in [0, 0.1) is 0 Å². The number of hydrogen-bond acceptors (Lipinski definition) is 3. The summed E-state index contributed by atoms with van der Waals surface area (Å²) in [4.78, 5) is 2.35. The fraction of sp³-hybridized carbons (Fsp3) is 0. The van der Waals surface area contributed by atoms with Crippen molar-refractivity contribution in [3.05, 3.63) is 200 Å². The zero-order valence-electron chi connectivity index (χ0n) is 29.8. The van der Waals surface area contributed by atoms with Crippen LogP contribution in [-0.4, -0.2) is 0 Å². The molecule has 0 aliphatic heterocycles. The highest BCUT2D eigenvalue weighted by Crippen LogP contribution is 2.43. The third kappa shape index (κ3) is 5.48. The highest BCUT2D eigenvalue weighted by atomic mass is 32.1. The molecule has 0 saturated heterocycles. The maximum absolute atomic E-state index is 6.23. The average Bonchev–Trinajstić information content (AvgIpc) is 3.83. The summed E-state index contributed by atoms with van der Waals surface area (Å²) in [6.45, 7) is 0. The predicted molar refractivity (Wildman–Crippen MR) is 235 cm³/mol. The molecule has 0 amide bonds. The number of thiophene rings is 1. The molecule has 2 nitrogen and oxygen atoms in total. The van der Waals surface area contributed by atoms with Crippen molar-refractivity contribution >= 4 is 81.3 Å². The lowest BCUT2D eigenvalue weighted by Crippen LogP contribution is -2.09. The Kier molecular flexibility index (Phi) is 7.39. The smallest absolute Gasteiger partial charge is 0.135 e. The minimum absolute atomic E-state index is 0.887.